The molecule has 0 amide bonds. The van der Waals surface area contributed by atoms with Crippen LogP contribution in [0, 0.1) is 0 Å². The van der Waals surface area contributed by atoms with E-state index in [4.69, 9.17) is 18.9 Å². The van der Waals surface area contributed by atoms with Gasteiger partial charge in [-0.2, -0.15) is 0 Å². The minimum atomic E-state index is 0. The summed E-state index contributed by atoms with van der Waals surface area (Å²) in [5.41, 5.74) is 2.23. The molecule has 0 saturated heterocycles. The molecule has 0 spiro atoms. The Kier molecular flexibility index (Phi) is 12.6. The molecule has 0 aliphatic heterocycles. The average Bonchev–Trinajstić information content (AvgIpc) is 2.79. The highest BCUT2D eigenvalue weighted by Crippen LogP contribution is 2.38. The third-order valence-electron chi connectivity index (χ3n) is 4.56. The van der Waals surface area contributed by atoms with E-state index in [1.807, 2.05) is 31.2 Å². The number of rotatable bonds is 11. The van der Waals surface area contributed by atoms with Crippen molar-refractivity contribution in [2.45, 2.75) is 26.3 Å². The maximum absolute atomic E-state index is 5.42. The molecule has 0 saturated carbocycles. The van der Waals surface area contributed by atoms with E-state index < -0.39 is 0 Å². The van der Waals surface area contributed by atoms with Crippen LogP contribution in [0.4, 0.5) is 0 Å². The van der Waals surface area contributed by atoms with Gasteiger partial charge < -0.3 is 29.6 Å². The molecule has 0 atom stereocenters. The molecule has 2 aromatic carbocycles. The molecule has 0 radical (unpaired) electrons. The molecular formula is C23H34IN3O4. The van der Waals surface area contributed by atoms with E-state index >= 15 is 0 Å². The molecule has 0 aliphatic carbocycles. The van der Waals surface area contributed by atoms with E-state index in [1.165, 1.54) is 5.56 Å². The molecule has 0 unspecified atom stereocenters. The number of nitrogens with one attached hydrogen (secondary N) is 2. The number of nitrogens with zero attached hydrogens (tertiary/aromatic N) is 1. The van der Waals surface area contributed by atoms with Gasteiger partial charge >= 0.3 is 0 Å². The molecular weight excluding hydrogens is 509 g/mol. The standard InChI is InChI=1S/C23H33N3O4.HI/c1-6-24-23(25-12-8-10-17-9-7-11-19(13-17)27-2)26-16-18-14-20(28-3)22(30-5)21(15-18)29-4;/h7,9,11,13-15H,6,8,10,12,16H2,1-5H3,(H2,24,25,26);1H. The van der Waals surface area contributed by atoms with Crippen LogP contribution in [0.15, 0.2) is 41.4 Å². The van der Waals surface area contributed by atoms with Gasteiger partial charge in [0.2, 0.25) is 5.75 Å². The molecule has 31 heavy (non-hydrogen) atoms. The second-order valence-corrected chi connectivity index (χ2v) is 6.61. The molecule has 0 fully saturated rings. The number of methoxy groups -OCH3 is 4. The molecule has 2 rings (SSSR count). The van der Waals surface area contributed by atoms with Crippen LogP contribution in [0.3, 0.4) is 0 Å². The van der Waals surface area contributed by atoms with Crippen molar-refractivity contribution in [2.24, 2.45) is 4.99 Å². The minimum Gasteiger partial charge on any atom is -0.497 e. The van der Waals surface area contributed by atoms with Crippen molar-refractivity contribution in [3.05, 3.63) is 47.5 Å². The van der Waals surface area contributed by atoms with E-state index in [2.05, 4.69) is 27.8 Å². The Bertz CT molecular complexity index is 805. The van der Waals surface area contributed by atoms with Gasteiger partial charge in [0.1, 0.15) is 5.75 Å². The lowest BCUT2D eigenvalue weighted by atomic mass is 10.1. The van der Waals surface area contributed by atoms with Crippen LogP contribution >= 0.6 is 24.0 Å². The highest BCUT2D eigenvalue weighted by molar-refractivity contribution is 14.0. The molecule has 2 aromatic rings. The van der Waals surface area contributed by atoms with Gasteiger partial charge in [-0.25, -0.2) is 4.99 Å². The second kappa shape index (κ2) is 14.6. The van der Waals surface area contributed by atoms with Gasteiger partial charge in [0, 0.05) is 13.1 Å². The van der Waals surface area contributed by atoms with Crippen molar-refractivity contribution < 1.29 is 18.9 Å². The quantitative estimate of drug-likeness (QED) is 0.193. The van der Waals surface area contributed by atoms with E-state index in [9.17, 15) is 0 Å². The van der Waals surface area contributed by atoms with Gasteiger partial charge in [0.15, 0.2) is 17.5 Å². The highest BCUT2D eigenvalue weighted by Gasteiger charge is 2.13. The lowest BCUT2D eigenvalue weighted by Gasteiger charge is -2.14. The van der Waals surface area contributed by atoms with Crippen molar-refractivity contribution in [3.8, 4) is 23.0 Å². The van der Waals surface area contributed by atoms with Crippen LogP contribution < -0.4 is 29.6 Å². The fourth-order valence-electron chi connectivity index (χ4n) is 3.07. The largest absolute Gasteiger partial charge is 0.497 e. The average molecular weight is 543 g/mol. The van der Waals surface area contributed by atoms with Crippen LogP contribution in [0.5, 0.6) is 23.0 Å². The summed E-state index contributed by atoms with van der Waals surface area (Å²) in [5.74, 6) is 3.49. The first-order chi connectivity index (χ1) is 14.6. The molecule has 7 nitrogen and oxygen atoms in total. The first kappa shape index (κ1) is 26.7. The van der Waals surface area contributed by atoms with Crippen molar-refractivity contribution in [1.82, 2.24) is 10.6 Å². The van der Waals surface area contributed by atoms with Crippen molar-refractivity contribution in [3.63, 3.8) is 0 Å². The predicted octanol–water partition coefficient (Wildman–Crippen LogP) is 4.03. The first-order valence-corrected chi connectivity index (χ1v) is 10.1. The zero-order chi connectivity index (χ0) is 21.8. The van der Waals surface area contributed by atoms with E-state index in [-0.39, 0.29) is 24.0 Å². The molecule has 0 aliphatic rings. The summed E-state index contributed by atoms with van der Waals surface area (Å²) in [7, 11) is 6.50. The number of aryl methyl sites for hydroxylation is 1. The Labute approximate surface area is 202 Å². The summed E-state index contributed by atoms with van der Waals surface area (Å²) in [6, 6.07) is 12.0. The van der Waals surface area contributed by atoms with E-state index in [0.29, 0.717) is 23.8 Å². The van der Waals surface area contributed by atoms with Crippen molar-refractivity contribution in [2.75, 3.05) is 41.5 Å². The number of guanidine groups is 1. The molecule has 2 N–H and O–H groups in total. The number of hydrogen-bond acceptors (Lipinski definition) is 5. The second-order valence-electron chi connectivity index (χ2n) is 6.61. The Morgan fingerprint density at radius 1 is 0.871 bits per heavy atom. The lowest BCUT2D eigenvalue weighted by Crippen LogP contribution is -2.37. The zero-order valence-electron chi connectivity index (χ0n) is 19.0. The topological polar surface area (TPSA) is 73.3 Å². The van der Waals surface area contributed by atoms with Gasteiger partial charge in [-0.15, -0.1) is 24.0 Å². The Morgan fingerprint density at radius 2 is 1.58 bits per heavy atom. The van der Waals surface area contributed by atoms with Gasteiger partial charge in [0.25, 0.3) is 0 Å². The van der Waals surface area contributed by atoms with Crippen molar-refractivity contribution >= 4 is 29.9 Å². The maximum Gasteiger partial charge on any atom is 0.203 e. The van der Waals surface area contributed by atoms with E-state index in [1.54, 1.807) is 28.4 Å². The Balaban J connectivity index is 0.00000480. The molecule has 0 bridgehead atoms. The summed E-state index contributed by atoms with van der Waals surface area (Å²) >= 11 is 0. The van der Waals surface area contributed by atoms with Crippen LogP contribution in [-0.4, -0.2) is 47.5 Å². The monoisotopic (exact) mass is 543 g/mol. The smallest absolute Gasteiger partial charge is 0.203 e. The van der Waals surface area contributed by atoms with Crippen molar-refractivity contribution in [1.29, 1.82) is 0 Å². The molecule has 0 heterocycles. The molecule has 8 heteroatoms. The SMILES string of the molecule is CCNC(=NCc1cc(OC)c(OC)c(OC)c1)NCCCc1cccc(OC)c1.I. The Morgan fingerprint density at radius 3 is 2.16 bits per heavy atom. The number of ether oxygens (including phenoxy) is 4. The van der Waals surface area contributed by atoms with Crippen LogP contribution in [0.25, 0.3) is 0 Å². The summed E-state index contributed by atoms with van der Waals surface area (Å²) in [5, 5.41) is 6.67. The van der Waals surface area contributed by atoms with Crippen LogP contribution in [-0.2, 0) is 13.0 Å². The summed E-state index contributed by atoms with van der Waals surface area (Å²) in [6.45, 7) is 4.14. The fraction of sp³-hybridized carbons (Fsp3) is 0.435. The minimum absolute atomic E-state index is 0. The first-order valence-electron chi connectivity index (χ1n) is 10.1. The zero-order valence-corrected chi connectivity index (χ0v) is 21.3. The predicted molar refractivity (Wildman–Crippen MR) is 136 cm³/mol. The van der Waals surface area contributed by atoms with Gasteiger partial charge in [-0.3, -0.25) is 0 Å². The number of hydrogen-bond donors (Lipinski definition) is 2. The number of halogens is 1. The number of aliphatic imine (C=N–C) groups is 1. The maximum atomic E-state index is 5.42. The fourth-order valence-corrected chi connectivity index (χ4v) is 3.07. The molecule has 0 aromatic heterocycles. The van der Waals surface area contributed by atoms with Gasteiger partial charge in [0.05, 0.1) is 35.0 Å². The third-order valence-corrected chi connectivity index (χ3v) is 4.56. The van der Waals surface area contributed by atoms with Crippen LogP contribution in [0.2, 0.25) is 0 Å². The van der Waals surface area contributed by atoms with Gasteiger partial charge in [-0.1, -0.05) is 12.1 Å². The van der Waals surface area contributed by atoms with Gasteiger partial charge in [-0.05, 0) is 55.2 Å². The highest BCUT2D eigenvalue weighted by atomic mass is 127. The van der Waals surface area contributed by atoms with Crippen LogP contribution in [0.1, 0.15) is 24.5 Å². The molecule has 172 valence electrons. The van der Waals surface area contributed by atoms with E-state index in [0.717, 1.165) is 43.2 Å². The third kappa shape index (κ3) is 8.35. The summed E-state index contributed by atoms with van der Waals surface area (Å²) < 4.78 is 21.5. The summed E-state index contributed by atoms with van der Waals surface area (Å²) in [6.07, 6.45) is 1.96. The lowest BCUT2D eigenvalue weighted by molar-refractivity contribution is 0.324. The summed E-state index contributed by atoms with van der Waals surface area (Å²) in [4.78, 5) is 4.68. The Hall–Kier alpha value is -2.36. The normalized spacial score (nSPS) is 10.7. The number of benzene rings is 2.